The fourth-order valence-corrected chi connectivity index (χ4v) is 5.00. The Labute approximate surface area is 200 Å². The first kappa shape index (κ1) is 25.6. The molecule has 1 aromatic carbocycles. The number of aromatic nitrogens is 2. The number of aryl methyl sites for hydroxylation is 1. The van der Waals surface area contributed by atoms with E-state index < -0.39 is 0 Å². The van der Waals surface area contributed by atoms with Gasteiger partial charge in [-0.25, -0.2) is 4.39 Å². The quantitative estimate of drug-likeness (QED) is 0.268. The van der Waals surface area contributed by atoms with Gasteiger partial charge in [0.15, 0.2) is 0 Å². The number of halogens is 1. The summed E-state index contributed by atoms with van der Waals surface area (Å²) in [5, 5.41) is 8.25. The molecular formula is C29H43FN2O. The largest absolute Gasteiger partial charge is 0.477 e. The standard InChI is InChI=1S/C29H43FN2O/c1-3-5-7-8-9-10-23-11-13-24(14-12-23)15-16-25-17-18-26(27(30)22-25)28-19-20-29(32-31-28)33-21-6-4-2/h17-20,22-24H,3-16,21H2,1-2H3. The second kappa shape index (κ2) is 14.3. The average molecular weight is 455 g/mol. The van der Waals surface area contributed by atoms with Crippen LogP contribution >= 0.6 is 0 Å². The summed E-state index contributed by atoms with van der Waals surface area (Å²) in [5.41, 5.74) is 2.14. The third-order valence-corrected chi connectivity index (χ3v) is 7.22. The number of hydrogen-bond donors (Lipinski definition) is 0. The third-order valence-electron chi connectivity index (χ3n) is 7.22. The van der Waals surface area contributed by atoms with Crippen LogP contribution in [0.2, 0.25) is 0 Å². The number of unbranched alkanes of at least 4 members (excludes halogenated alkanes) is 5. The summed E-state index contributed by atoms with van der Waals surface area (Å²) in [6.07, 6.45) is 18.1. The molecule has 4 heteroatoms. The zero-order valence-corrected chi connectivity index (χ0v) is 20.8. The van der Waals surface area contributed by atoms with Gasteiger partial charge in [0.05, 0.1) is 12.3 Å². The predicted molar refractivity (Wildman–Crippen MR) is 135 cm³/mol. The average Bonchev–Trinajstić information content (AvgIpc) is 2.84. The molecule has 182 valence electrons. The van der Waals surface area contributed by atoms with Crippen molar-refractivity contribution in [2.75, 3.05) is 6.61 Å². The normalized spacial score (nSPS) is 18.4. The minimum Gasteiger partial charge on any atom is -0.477 e. The van der Waals surface area contributed by atoms with Crippen LogP contribution in [0.5, 0.6) is 5.88 Å². The van der Waals surface area contributed by atoms with Gasteiger partial charge in [-0.15, -0.1) is 10.2 Å². The van der Waals surface area contributed by atoms with E-state index in [9.17, 15) is 4.39 Å². The van der Waals surface area contributed by atoms with Crippen LogP contribution in [0.25, 0.3) is 11.3 Å². The van der Waals surface area contributed by atoms with Gasteiger partial charge in [0.2, 0.25) is 5.88 Å². The molecule has 1 aliphatic rings. The van der Waals surface area contributed by atoms with E-state index in [-0.39, 0.29) is 5.82 Å². The minimum absolute atomic E-state index is 0.215. The summed E-state index contributed by atoms with van der Waals surface area (Å²) in [4.78, 5) is 0. The van der Waals surface area contributed by atoms with E-state index in [1.807, 2.05) is 12.1 Å². The van der Waals surface area contributed by atoms with E-state index in [0.29, 0.717) is 23.7 Å². The second-order valence-corrected chi connectivity index (χ2v) is 9.90. The van der Waals surface area contributed by atoms with Crippen LogP contribution in [0.1, 0.15) is 103 Å². The summed E-state index contributed by atoms with van der Waals surface area (Å²) >= 11 is 0. The molecule has 0 N–H and O–H groups in total. The molecule has 1 aromatic heterocycles. The van der Waals surface area contributed by atoms with Crippen LogP contribution < -0.4 is 4.74 Å². The van der Waals surface area contributed by atoms with Crippen molar-refractivity contribution in [3.8, 4) is 17.1 Å². The molecule has 3 nitrogen and oxygen atoms in total. The molecule has 0 spiro atoms. The minimum atomic E-state index is -0.215. The predicted octanol–water partition coefficient (Wildman–Crippen LogP) is 8.56. The van der Waals surface area contributed by atoms with E-state index in [1.165, 1.54) is 70.6 Å². The Hall–Kier alpha value is -1.97. The molecule has 0 unspecified atom stereocenters. The van der Waals surface area contributed by atoms with Crippen LogP contribution in [0.15, 0.2) is 30.3 Å². The SMILES string of the molecule is CCCCCCCC1CCC(CCc2ccc(-c3ccc(OCCCC)nn3)c(F)c2)CC1. The maximum Gasteiger partial charge on any atom is 0.233 e. The maximum atomic E-state index is 14.8. The van der Waals surface area contributed by atoms with E-state index in [0.717, 1.165) is 36.7 Å². The van der Waals surface area contributed by atoms with Gasteiger partial charge in [0, 0.05) is 11.6 Å². The molecule has 1 aliphatic carbocycles. The Morgan fingerprint density at radius 2 is 1.55 bits per heavy atom. The first-order valence-electron chi connectivity index (χ1n) is 13.4. The van der Waals surface area contributed by atoms with Crippen molar-refractivity contribution in [2.24, 2.45) is 11.8 Å². The molecule has 0 bridgehead atoms. The van der Waals surface area contributed by atoms with Gasteiger partial charge in [0.1, 0.15) is 5.82 Å². The highest BCUT2D eigenvalue weighted by Crippen LogP contribution is 2.34. The van der Waals surface area contributed by atoms with Crippen LogP contribution in [-0.2, 0) is 6.42 Å². The first-order chi connectivity index (χ1) is 16.2. The van der Waals surface area contributed by atoms with E-state index in [2.05, 4.69) is 24.0 Å². The zero-order chi connectivity index (χ0) is 23.3. The van der Waals surface area contributed by atoms with Gasteiger partial charge >= 0.3 is 0 Å². The number of hydrogen-bond acceptors (Lipinski definition) is 3. The van der Waals surface area contributed by atoms with Crippen molar-refractivity contribution in [2.45, 2.75) is 104 Å². The first-order valence-corrected chi connectivity index (χ1v) is 13.4. The van der Waals surface area contributed by atoms with Crippen LogP contribution in [0, 0.1) is 17.7 Å². The second-order valence-electron chi connectivity index (χ2n) is 9.90. The lowest BCUT2D eigenvalue weighted by atomic mass is 9.77. The topological polar surface area (TPSA) is 35.0 Å². The third kappa shape index (κ3) is 8.72. The molecular weight excluding hydrogens is 411 g/mol. The number of benzene rings is 1. The molecule has 0 atom stereocenters. The van der Waals surface area contributed by atoms with Crippen LogP contribution in [-0.4, -0.2) is 16.8 Å². The van der Waals surface area contributed by atoms with Gasteiger partial charge in [-0.05, 0) is 54.9 Å². The highest BCUT2D eigenvalue weighted by atomic mass is 19.1. The van der Waals surface area contributed by atoms with Crippen molar-refractivity contribution >= 4 is 0 Å². The van der Waals surface area contributed by atoms with Gasteiger partial charge < -0.3 is 4.74 Å². The number of ether oxygens (including phenoxy) is 1. The lowest BCUT2D eigenvalue weighted by Crippen LogP contribution is -2.15. The molecule has 1 saturated carbocycles. The Kier molecular flexibility index (Phi) is 11.1. The monoisotopic (exact) mass is 454 g/mol. The van der Waals surface area contributed by atoms with Crippen molar-refractivity contribution in [3.63, 3.8) is 0 Å². The van der Waals surface area contributed by atoms with Crippen molar-refractivity contribution < 1.29 is 9.13 Å². The van der Waals surface area contributed by atoms with Gasteiger partial charge in [0.25, 0.3) is 0 Å². The van der Waals surface area contributed by atoms with Gasteiger partial charge in [-0.2, -0.15) is 0 Å². The van der Waals surface area contributed by atoms with Crippen molar-refractivity contribution in [1.82, 2.24) is 10.2 Å². The highest BCUT2D eigenvalue weighted by Gasteiger charge is 2.21. The molecule has 2 aromatic rings. The smallest absolute Gasteiger partial charge is 0.233 e. The highest BCUT2D eigenvalue weighted by molar-refractivity contribution is 5.60. The molecule has 0 aliphatic heterocycles. The summed E-state index contributed by atoms with van der Waals surface area (Å²) in [6.45, 7) is 5.03. The molecule has 1 fully saturated rings. The lowest BCUT2D eigenvalue weighted by Gasteiger charge is -2.28. The van der Waals surface area contributed by atoms with Crippen LogP contribution in [0.4, 0.5) is 4.39 Å². The Bertz CT molecular complexity index is 800. The summed E-state index contributed by atoms with van der Waals surface area (Å²) < 4.78 is 20.3. The molecule has 0 saturated heterocycles. The molecule has 3 rings (SSSR count). The Morgan fingerprint density at radius 1 is 0.818 bits per heavy atom. The fourth-order valence-electron chi connectivity index (χ4n) is 5.00. The Balaban J connectivity index is 1.41. The Morgan fingerprint density at radius 3 is 2.21 bits per heavy atom. The fraction of sp³-hybridized carbons (Fsp3) is 0.655. The zero-order valence-electron chi connectivity index (χ0n) is 20.8. The molecule has 0 radical (unpaired) electrons. The summed E-state index contributed by atoms with van der Waals surface area (Å²) in [6, 6.07) is 9.14. The number of nitrogens with zero attached hydrogens (tertiary/aromatic N) is 2. The molecule has 1 heterocycles. The summed E-state index contributed by atoms with van der Waals surface area (Å²) in [7, 11) is 0. The molecule has 0 amide bonds. The number of rotatable bonds is 14. The van der Waals surface area contributed by atoms with Crippen molar-refractivity contribution in [1.29, 1.82) is 0 Å². The van der Waals surface area contributed by atoms with Crippen LogP contribution in [0.3, 0.4) is 0 Å². The van der Waals surface area contributed by atoms with Gasteiger partial charge in [-0.3, -0.25) is 0 Å². The lowest BCUT2D eigenvalue weighted by molar-refractivity contribution is 0.248. The summed E-state index contributed by atoms with van der Waals surface area (Å²) in [5.74, 6) is 2.03. The van der Waals surface area contributed by atoms with E-state index in [1.54, 1.807) is 18.2 Å². The van der Waals surface area contributed by atoms with E-state index in [4.69, 9.17) is 4.74 Å². The van der Waals surface area contributed by atoms with Gasteiger partial charge in [-0.1, -0.05) is 90.5 Å². The maximum absolute atomic E-state index is 14.8. The van der Waals surface area contributed by atoms with Crippen molar-refractivity contribution in [3.05, 3.63) is 41.7 Å². The van der Waals surface area contributed by atoms with E-state index >= 15 is 0 Å². The molecule has 33 heavy (non-hydrogen) atoms.